The minimum atomic E-state index is -3.52. The molecule has 3 heterocycles. The van der Waals surface area contributed by atoms with Crippen LogP contribution in [0.25, 0.3) is 0 Å². The fourth-order valence-corrected chi connectivity index (χ4v) is 5.16. The second kappa shape index (κ2) is 7.98. The van der Waals surface area contributed by atoms with E-state index in [9.17, 15) is 13.2 Å². The number of pyridine rings is 1. The summed E-state index contributed by atoms with van der Waals surface area (Å²) in [4.78, 5) is 20.8. The summed E-state index contributed by atoms with van der Waals surface area (Å²) < 4.78 is 26.8. The molecular weight excluding hydrogens is 376 g/mol. The van der Waals surface area contributed by atoms with E-state index in [2.05, 4.69) is 17.1 Å². The van der Waals surface area contributed by atoms with Gasteiger partial charge in [-0.05, 0) is 29.7 Å². The molecule has 1 amide bonds. The molecule has 148 valence electrons. The van der Waals surface area contributed by atoms with Crippen molar-refractivity contribution in [3.63, 3.8) is 0 Å². The third-order valence-electron chi connectivity index (χ3n) is 5.45. The normalized spacial score (nSPS) is 18.6. The van der Waals surface area contributed by atoms with E-state index in [1.807, 2.05) is 21.9 Å². The highest BCUT2D eigenvalue weighted by Gasteiger charge is 2.30. The minimum absolute atomic E-state index is 0.109. The average molecular weight is 401 g/mol. The molecule has 4 rings (SSSR count). The van der Waals surface area contributed by atoms with Crippen LogP contribution >= 0.6 is 0 Å². The van der Waals surface area contributed by atoms with Crippen LogP contribution in [0.1, 0.15) is 11.1 Å². The quantitative estimate of drug-likeness (QED) is 0.765. The SMILES string of the molecule is O=C(CN1CCN(S(=O)(=O)c2cccnc2)CC1)N1CCc2ccccc2C1. The lowest BCUT2D eigenvalue weighted by atomic mass is 10.00. The molecule has 0 atom stereocenters. The van der Waals surface area contributed by atoms with E-state index in [1.165, 1.54) is 21.6 Å². The van der Waals surface area contributed by atoms with Gasteiger partial charge in [-0.25, -0.2) is 8.42 Å². The molecular formula is C20H24N4O3S. The molecule has 8 heteroatoms. The van der Waals surface area contributed by atoms with Crippen molar-refractivity contribution in [3.05, 3.63) is 59.9 Å². The number of piperazine rings is 1. The zero-order chi connectivity index (χ0) is 19.6. The third kappa shape index (κ3) is 3.94. The molecule has 0 unspecified atom stereocenters. The molecule has 1 fully saturated rings. The van der Waals surface area contributed by atoms with Crippen LogP contribution in [-0.4, -0.2) is 72.7 Å². The molecule has 0 N–H and O–H groups in total. The van der Waals surface area contributed by atoms with E-state index in [-0.39, 0.29) is 10.8 Å². The van der Waals surface area contributed by atoms with Crippen molar-refractivity contribution in [1.82, 2.24) is 19.1 Å². The molecule has 0 bridgehead atoms. The van der Waals surface area contributed by atoms with Gasteiger partial charge in [0.1, 0.15) is 4.90 Å². The monoisotopic (exact) mass is 400 g/mol. The van der Waals surface area contributed by atoms with Crippen LogP contribution in [0.5, 0.6) is 0 Å². The van der Waals surface area contributed by atoms with E-state index in [0.717, 1.165) is 13.0 Å². The van der Waals surface area contributed by atoms with Crippen molar-refractivity contribution in [1.29, 1.82) is 0 Å². The van der Waals surface area contributed by atoms with Gasteiger partial charge in [-0.2, -0.15) is 4.31 Å². The Morgan fingerprint density at radius 3 is 2.43 bits per heavy atom. The highest BCUT2D eigenvalue weighted by atomic mass is 32.2. The molecule has 0 saturated carbocycles. The Bertz CT molecular complexity index is 941. The molecule has 7 nitrogen and oxygen atoms in total. The lowest BCUT2D eigenvalue weighted by molar-refractivity contribution is -0.133. The topological polar surface area (TPSA) is 73.8 Å². The van der Waals surface area contributed by atoms with Crippen LogP contribution < -0.4 is 0 Å². The molecule has 2 aliphatic rings. The first-order valence-electron chi connectivity index (χ1n) is 9.51. The number of rotatable bonds is 4. The van der Waals surface area contributed by atoms with Gasteiger partial charge in [-0.3, -0.25) is 14.7 Å². The van der Waals surface area contributed by atoms with Crippen LogP contribution in [0, 0.1) is 0 Å². The number of hydrogen-bond donors (Lipinski definition) is 0. The summed E-state index contributed by atoms with van der Waals surface area (Å²) in [6.45, 7) is 3.60. The lowest BCUT2D eigenvalue weighted by Gasteiger charge is -2.35. The highest BCUT2D eigenvalue weighted by Crippen LogP contribution is 2.20. The summed E-state index contributed by atoms with van der Waals surface area (Å²) >= 11 is 0. The predicted octanol–water partition coefficient (Wildman–Crippen LogP) is 0.973. The Hall–Kier alpha value is -2.29. The first-order valence-corrected chi connectivity index (χ1v) is 10.9. The van der Waals surface area contributed by atoms with E-state index in [1.54, 1.807) is 18.3 Å². The standard InChI is InChI=1S/C20H24N4O3S/c25-20(23-9-7-17-4-1-2-5-18(17)15-23)16-22-10-12-24(13-11-22)28(26,27)19-6-3-8-21-14-19/h1-6,8,14H,7,9-13,15-16H2. The molecule has 1 saturated heterocycles. The maximum Gasteiger partial charge on any atom is 0.244 e. The number of fused-ring (bicyclic) bond motifs is 1. The smallest absolute Gasteiger partial charge is 0.244 e. The van der Waals surface area contributed by atoms with Crippen LogP contribution in [0.15, 0.2) is 53.7 Å². The molecule has 2 aromatic rings. The first kappa shape index (κ1) is 19.0. The number of benzene rings is 1. The summed E-state index contributed by atoms with van der Waals surface area (Å²) in [7, 11) is -3.52. The maximum absolute atomic E-state index is 12.7. The number of amides is 1. The van der Waals surface area contributed by atoms with Gasteiger partial charge in [-0.1, -0.05) is 24.3 Å². The van der Waals surface area contributed by atoms with Gasteiger partial charge in [0.05, 0.1) is 6.54 Å². The Kier molecular flexibility index (Phi) is 5.43. The van der Waals surface area contributed by atoms with Crippen LogP contribution in [-0.2, 0) is 27.8 Å². The molecule has 0 radical (unpaired) electrons. The Balaban J connectivity index is 1.32. The summed E-state index contributed by atoms with van der Waals surface area (Å²) in [5.41, 5.74) is 2.54. The summed E-state index contributed by atoms with van der Waals surface area (Å²) in [5, 5.41) is 0. The van der Waals surface area contributed by atoms with Crippen LogP contribution in [0.3, 0.4) is 0 Å². The molecule has 0 aliphatic carbocycles. The highest BCUT2D eigenvalue weighted by molar-refractivity contribution is 7.89. The fourth-order valence-electron chi connectivity index (χ4n) is 3.78. The van der Waals surface area contributed by atoms with Crippen molar-refractivity contribution in [3.8, 4) is 0 Å². The second-order valence-electron chi connectivity index (χ2n) is 7.20. The molecule has 2 aliphatic heterocycles. The molecule has 0 spiro atoms. The van der Waals surface area contributed by atoms with Gasteiger partial charge in [0, 0.05) is 51.7 Å². The van der Waals surface area contributed by atoms with Crippen molar-refractivity contribution in [2.45, 2.75) is 17.9 Å². The van der Waals surface area contributed by atoms with Crippen LogP contribution in [0.2, 0.25) is 0 Å². The summed E-state index contributed by atoms with van der Waals surface area (Å²) in [5.74, 6) is 0.109. The Labute approximate surface area is 165 Å². The number of hydrogen-bond acceptors (Lipinski definition) is 5. The van der Waals surface area contributed by atoms with Gasteiger partial charge < -0.3 is 4.90 Å². The van der Waals surface area contributed by atoms with Crippen molar-refractivity contribution in [2.75, 3.05) is 39.3 Å². The van der Waals surface area contributed by atoms with Crippen molar-refractivity contribution < 1.29 is 13.2 Å². The molecule has 1 aromatic carbocycles. The number of carbonyl (C=O) groups is 1. The van der Waals surface area contributed by atoms with Gasteiger partial charge in [0.2, 0.25) is 15.9 Å². The summed E-state index contributed by atoms with van der Waals surface area (Å²) in [6, 6.07) is 11.4. The second-order valence-corrected chi connectivity index (χ2v) is 9.14. The van der Waals surface area contributed by atoms with Gasteiger partial charge in [0.15, 0.2) is 0 Å². The lowest BCUT2D eigenvalue weighted by Crippen LogP contribution is -2.51. The molecule has 28 heavy (non-hydrogen) atoms. The number of aromatic nitrogens is 1. The number of nitrogens with zero attached hydrogens (tertiary/aromatic N) is 4. The fraction of sp³-hybridized carbons (Fsp3) is 0.400. The number of carbonyl (C=O) groups excluding carboxylic acids is 1. The summed E-state index contributed by atoms with van der Waals surface area (Å²) in [6.07, 6.45) is 3.82. The Morgan fingerprint density at radius 2 is 1.71 bits per heavy atom. The van der Waals surface area contributed by atoms with E-state index < -0.39 is 10.0 Å². The predicted molar refractivity (Wildman–Crippen MR) is 105 cm³/mol. The molecule has 1 aromatic heterocycles. The van der Waals surface area contributed by atoms with Crippen molar-refractivity contribution >= 4 is 15.9 Å². The van der Waals surface area contributed by atoms with Gasteiger partial charge in [0.25, 0.3) is 0 Å². The minimum Gasteiger partial charge on any atom is -0.337 e. The van der Waals surface area contributed by atoms with E-state index in [0.29, 0.717) is 39.3 Å². The van der Waals surface area contributed by atoms with Crippen molar-refractivity contribution in [2.24, 2.45) is 0 Å². The number of sulfonamides is 1. The zero-order valence-corrected chi connectivity index (χ0v) is 16.5. The average Bonchev–Trinajstić information content (AvgIpc) is 2.74. The third-order valence-corrected chi connectivity index (χ3v) is 7.33. The zero-order valence-electron chi connectivity index (χ0n) is 15.7. The van der Waals surface area contributed by atoms with Gasteiger partial charge in [-0.15, -0.1) is 0 Å². The van der Waals surface area contributed by atoms with E-state index in [4.69, 9.17) is 0 Å². The van der Waals surface area contributed by atoms with Crippen LogP contribution in [0.4, 0.5) is 0 Å². The Morgan fingerprint density at radius 1 is 0.964 bits per heavy atom. The van der Waals surface area contributed by atoms with Gasteiger partial charge >= 0.3 is 0 Å². The maximum atomic E-state index is 12.7. The van der Waals surface area contributed by atoms with E-state index >= 15 is 0 Å². The largest absolute Gasteiger partial charge is 0.337 e. The first-order chi connectivity index (χ1) is 13.5.